The predicted molar refractivity (Wildman–Crippen MR) is 72.2 cm³/mol. The third kappa shape index (κ3) is 3.61. The second-order valence-electron chi connectivity index (χ2n) is 5.01. The molecule has 1 aromatic heterocycles. The fourth-order valence-electron chi connectivity index (χ4n) is 2.12. The van der Waals surface area contributed by atoms with Gasteiger partial charge in [0.2, 0.25) is 0 Å². The van der Waals surface area contributed by atoms with Gasteiger partial charge in [0, 0.05) is 18.5 Å². The molecule has 0 radical (unpaired) electrons. The van der Waals surface area contributed by atoms with E-state index in [-0.39, 0.29) is 17.9 Å². The number of benzene rings is 1. The van der Waals surface area contributed by atoms with Crippen LogP contribution >= 0.6 is 0 Å². The molecule has 5 heteroatoms. The van der Waals surface area contributed by atoms with Gasteiger partial charge >= 0.3 is 0 Å². The zero-order valence-corrected chi connectivity index (χ0v) is 11.3. The fourth-order valence-corrected chi connectivity index (χ4v) is 2.12. The molecule has 2 rings (SSSR count). The van der Waals surface area contributed by atoms with Gasteiger partial charge in [0.05, 0.1) is 0 Å². The minimum atomic E-state index is -0.227. The van der Waals surface area contributed by atoms with Crippen molar-refractivity contribution in [2.24, 2.45) is 5.73 Å². The Morgan fingerprint density at radius 2 is 2.11 bits per heavy atom. The molecule has 4 nitrogen and oxygen atoms in total. The van der Waals surface area contributed by atoms with Gasteiger partial charge in [0.15, 0.2) is 0 Å². The van der Waals surface area contributed by atoms with Crippen LogP contribution in [0.1, 0.15) is 31.3 Å². The first-order valence-electron chi connectivity index (χ1n) is 6.44. The molecule has 1 unspecified atom stereocenters. The van der Waals surface area contributed by atoms with Crippen LogP contribution in [-0.2, 0) is 12.8 Å². The molecule has 2 aromatic rings. The Bertz CT molecular complexity index is 536. The second kappa shape index (κ2) is 5.93. The number of halogens is 1. The van der Waals surface area contributed by atoms with Gasteiger partial charge in [0.25, 0.3) is 0 Å². The summed E-state index contributed by atoms with van der Waals surface area (Å²) < 4.78 is 15.0. The average molecular weight is 262 g/mol. The van der Waals surface area contributed by atoms with Crippen molar-refractivity contribution in [3.8, 4) is 0 Å². The quantitative estimate of drug-likeness (QED) is 0.898. The lowest BCUT2D eigenvalue weighted by molar-refractivity contribution is 0.489. The van der Waals surface area contributed by atoms with Crippen LogP contribution in [0.5, 0.6) is 0 Å². The highest BCUT2D eigenvalue weighted by Gasteiger charge is 2.12. The van der Waals surface area contributed by atoms with Crippen molar-refractivity contribution < 1.29 is 4.39 Å². The summed E-state index contributed by atoms with van der Waals surface area (Å²) in [6.07, 6.45) is 2.81. The van der Waals surface area contributed by atoms with E-state index in [4.69, 9.17) is 5.73 Å². The number of hydrogen-bond acceptors (Lipinski definition) is 3. The third-order valence-electron chi connectivity index (χ3n) is 2.97. The van der Waals surface area contributed by atoms with E-state index in [1.54, 1.807) is 12.4 Å². The van der Waals surface area contributed by atoms with Crippen molar-refractivity contribution in [2.75, 3.05) is 0 Å². The molecule has 0 amide bonds. The molecule has 0 bridgehead atoms. The molecule has 0 fully saturated rings. The van der Waals surface area contributed by atoms with Gasteiger partial charge in [-0.25, -0.2) is 14.1 Å². The van der Waals surface area contributed by atoms with E-state index < -0.39 is 0 Å². The van der Waals surface area contributed by atoms with Crippen LogP contribution in [0.2, 0.25) is 0 Å². The minimum Gasteiger partial charge on any atom is -0.327 e. The number of aromatic nitrogens is 3. The summed E-state index contributed by atoms with van der Waals surface area (Å²) in [7, 11) is 0. The smallest absolute Gasteiger partial charge is 0.138 e. The number of hydrogen-bond donors (Lipinski definition) is 1. The van der Waals surface area contributed by atoms with E-state index in [2.05, 4.69) is 23.9 Å². The zero-order valence-electron chi connectivity index (χ0n) is 11.3. The van der Waals surface area contributed by atoms with Crippen molar-refractivity contribution in [3.63, 3.8) is 0 Å². The van der Waals surface area contributed by atoms with E-state index in [1.807, 2.05) is 10.7 Å². The van der Waals surface area contributed by atoms with Gasteiger partial charge in [-0.15, -0.1) is 0 Å². The molecule has 0 aliphatic rings. The Morgan fingerprint density at radius 1 is 1.32 bits per heavy atom. The predicted octanol–water partition coefficient (Wildman–Crippen LogP) is 2.11. The SMILES string of the molecule is CC(C)n1ncnc1CC(N)Cc1cccc(F)c1. The van der Waals surface area contributed by atoms with Gasteiger partial charge in [-0.3, -0.25) is 0 Å². The molecular weight excluding hydrogens is 243 g/mol. The lowest BCUT2D eigenvalue weighted by Crippen LogP contribution is -2.27. The fraction of sp³-hybridized carbons (Fsp3) is 0.429. The van der Waals surface area contributed by atoms with E-state index >= 15 is 0 Å². The first kappa shape index (κ1) is 13.7. The van der Waals surface area contributed by atoms with Gasteiger partial charge < -0.3 is 5.73 Å². The molecule has 1 atom stereocenters. The molecular formula is C14H19FN4. The van der Waals surface area contributed by atoms with Crippen LogP contribution in [0.4, 0.5) is 4.39 Å². The highest BCUT2D eigenvalue weighted by Crippen LogP contribution is 2.10. The Labute approximate surface area is 112 Å². The summed E-state index contributed by atoms with van der Waals surface area (Å²) in [5.41, 5.74) is 7.02. The first-order chi connectivity index (χ1) is 9.06. The molecule has 0 saturated heterocycles. The summed E-state index contributed by atoms with van der Waals surface area (Å²) in [6.45, 7) is 4.10. The Hall–Kier alpha value is -1.75. The molecule has 0 spiro atoms. The topological polar surface area (TPSA) is 56.7 Å². The van der Waals surface area contributed by atoms with Crippen LogP contribution in [0.15, 0.2) is 30.6 Å². The summed E-state index contributed by atoms with van der Waals surface area (Å²) in [4.78, 5) is 4.23. The van der Waals surface area contributed by atoms with Gasteiger partial charge in [-0.05, 0) is 38.0 Å². The van der Waals surface area contributed by atoms with E-state index in [0.717, 1.165) is 11.4 Å². The minimum absolute atomic E-state index is 0.0940. The van der Waals surface area contributed by atoms with Crippen molar-refractivity contribution in [2.45, 2.75) is 38.8 Å². The van der Waals surface area contributed by atoms with E-state index in [0.29, 0.717) is 12.8 Å². The van der Waals surface area contributed by atoms with Crippen molar-refractivity contribution in [1.82, 2.24) is 14.8 Å². The van der Waals surface area contributed by atoms with Crippen LogP contribution in [0, 0.1) is 5.82 Å². The maximum absolute atomic E-state index is 13.1. The van der Waals surface area contributed by atoms with Crippen molar-refractivity contribution >= 4 is 0 Å². The summed E-state index contributed by atoms with van der Waals surface area (Å²) in [6, 6.07) is 6.71. The lowest BCUT2D eigenvalue weighted by atomic mass is 10.0. The molecule has 0 saturated carbocycles. The monoisotopic (exact) mass is 262 g/mol. The molecule has 0 aliphatic carbocycles. The maximum Gasteiger partial charge on any atom is 0.138 e. The van der Waals surface area contributed by atoms with Crippen molar-refractivity contribution in [1.29, 1.82) is 0 Å². The van der Waals surface area contributed by atoms with Crippen LogP contribution in [-0.4, -0.2) is 20.8 Å². The Morgan fingerprint density at radius 3 is 2.79 bits per heavy atom. The Kier molecular flexibility index (Phi) is 4.27. The van der Waals surface area contributed by atoms with Crippen LogP contribution in [0.25, 0.3) is 0 Å². The summed E-state index contributed by atoms with van der Waals surface area (Å²) >= 11 is 0. The first-order valence-corrected chi connectivity index (χ1v) is 6.44. The van der Waals surface area contributed by atoms with Gasteiger partial charge in [0.1, 0.15) is 18.0 Å². The van der Waals surface area contributed by atoms with Crippen molar-refractivity contribution in [3.05, 3.63) is 47.8 Å². The lowest BCUT2D eigenvalue weighted by Gasteiger charge is -2.14. The molecule has 19 heavy (non-hydrogen) atoms. The molecule has 2 N–H and O–H groups in total. The highest BCUT2D eigenvalue weighted by molar-refractivity contribution is 5.17. The second-order valence-corrected chi connectivity index (χ2v) is 5.01. The standard InChI is InChI=1S/C14H19FN4/c1-10(2)19-14(17-9-18-19)8-13(16)7-11-4-3-5-12(15)6-11/h3-6,9-10,13H,7-8,16H2,1-2H3. The molecule has 1 aromatic carbocycles. The Balaban J connectivity index is 2.01. The summed E-state index contributed by atoms with van der Waals surface area (Å²) in [5, 5.41) is 4.18. The van der Waals surface area contributed by atoms with Crippen LogP contribution < -0.4 is 5.73 Å². The summed E-state index contributed by atoms with van der Waals surface area (Å²) in [5.74, 6) is 0.647. The zero-order chi connectivity index (χ0) is 13.8. The maximum atomic E-state index is 13.1. The van der Waals surface area contributed by atoms with E-state index in [9.17, 15) is 4.39 Å². The molecule has 102 valence electrons. The highest BCUT2D eigenvalue weighted by atomic mass is 19.1. The molecule has 1 heterocycles. The number of nitrogens with two attached hydrogens (primary N) is 1. The van der Waals surface area contributed by atoms with E-state index in [1.165, 1.54) is 12.1 Å². The largest absolute Gasteiger partial charge is 0.327 e. The molecule has 0 aliphatic heterocycles. The average Bonchev–Trinajstić information content (AvgIpc) is 2.76. The van der Waals surface area contributed by atoms with Gasteiger partial charge in [-0.1, -0.05) is 12.1 Å². The van der Waals surface area contributed by atoms with Gasteiger partial charge in [-0.2, -0.15) is 5.10 Å². The third-order valence-corrected chi connectivity index (χ3v) is 2.97. The number of rotatable bonds is 5. The number of nitrogens with zero attached hydrogens (tertiary/aromatic N) is 3. The normalized spacial score (nSPS) is 12.9. The van der Waals surface area contributed by atoms with Crippen LogP contribution in [0.3, 0.4) is 0 Å².